The Kier molecular flexibility index (Phi) is 3.61. The summed E-state index contributed by atoms with van der Waals surface area (Å²) in [4.78, 5) is 11.5. The number of nitrogens with one attached hydrogen (secondary N) is 2. The Bertz CT molecular complexity index is 540. The molecule has 0 atom stereocenters. The van der Waals surface area contributed by atoms with E-state index in [1.54, 1.807) is 6.07 Å². The van der Waals surface area contributed by atoms with Crippen LogP contribution in [-0.2, 0) is 6.42 Å². The Morgan fingerprint density at radius 1 is 1.50 bits per heavy atom. The minimum atomic E-state index is -0.386. The minimum Gasteiger partial charge on any atom is -0.349 e. The number of hydrogen-bond acceptors (Lipinski definition) is 4. The Hall–Kier alpha value is -2.31. The van der Waals surface area contributed by atoms with Gasteiger partial charge in [0.15, 0.2) is 0 Å². The molecule has 1 amide bonds. The zero-order valence-corrected chi connectivity index (χ0v) is 9.77. The number of nitrogens with zero attached hydrogens (tertiary/aromatic N) is 3. The molecule has 0 bridgehead atoms. The molecule has 6 nitrogen and oxygen atoms in total. The molecule has 2 rings (SSSR count). The molecule has 0 fully saturated rings. The van der Waals surface area contributed by atoms with Crippen LogP contribution in [0.3, 0.4) is 0 Å². The van der Waals surface area contributed by atoms with Crippen LogP contribution in [0.25, 0.3) is 0 Å². The lowest BCUT2D eigenvalue weighted by atomic mass is 10.1. The second-order valence-electron chi connectivity index (χ2n) is 3.81. The summed E-state index contributed by atoms with van der Waals surface area (Å²) in [5.74, 6) is -0.638. The first-order valence-corrected chi connectivity index (χ1v) is 5.43. The third-order valence-corrected chi connectivity index (χ3v) is 2.53. The van der Waals surface area contributed by atoms with Crippen LogP contribution in [-0.4, -0.2) is 33.1 Å². The first kappa shape index (κ1) is 12.2. The van der Waals surface area contributed by atoms with Crippen molar-refractivity contribution < 1.29 is 9.18 Å². The second kappa shape index (κ2) is 5.35. The van der Waals surface area contributed by atoms with E-state index in [2.05, 4.69) is 25.9 Å². The number of benzene rings is 1. The van der Waals surface area contributed by atoms with E-state index in [9.17, 15) is 9.18 Å². The molecule has 0 aliphatic heterocycles. The van der Waals surface area contributed by atoms with E-state index >= 15 is 0 Å². The largest absolute Gasteiger partial charge is 0.349 e. The Morgan fingerprint density at radius 2 is 2.33 bits per heavy atom. The maximum atomic E-state index is 12.9. The van der Waals surface area contributed by atoms with Crippen molar-refractivity contribution >= 4 is 5.91 Å². The Balaban J connectivity index is 1.87. The quantitative estimate of drug-likeness (QED) is 0.832. The third-order valence-electron chi connectivity index (χ3n) is 2.53. The fourth-order valence-corrected chi connectivity index (χ4v) is 1.59. The van der Waals surface area contributed by atoms with Crippen LogP contribution >= 0.6 is 0 Å². The molecule has 1 aromatic carbocycles. The zero-order chi connectivity index (χ0) is 13.0. The van der Waals surface area contributed by atoms with Gasteiger partial charge in [0.25, 0.3) is 11.7 Å². The van der Waals surface area contributed by atoms with Crippen molar-refractivity contribution in [1.82, 2.24) is 25.9 Å². The maximum Gasteiger partial charge on any atom is 0.292 e. The SMILES string of the molecule is Cc1cc(F)ccc1CCNC(=O)c1nn[nH]n1. The van der Waals surface area contributed by atoms with Gasteiger partial charge in [0, 0.05) is 6.54 Å². The molecule has 0 aliphatic rings. The van der Waals surface area contributed by atoms with Gasteiger partial charge >= 0.3 is 0 Å². The fraction of sp³-hybridized carbons (Fsp3) is 0.273. The molecule has 0 saturated heterocycles. The highest BCUT2D eigenvalue weighted by Crippen LogP contribution is 2.10. The zero-order valence-electron chi connectivity index (χ0n) is 9.77. The summed E-state index contributed by atoms with van der Waals surface area (Å²) < 4.78 is 12.9. The summed E-state index contributed by atoms with van der Waals surface area (Å²) in [7, 11) is 0. The normalized spacial score (nSPS) is 10.3. The van der Waals surface area contributed by atoms with Crippen LogP contribution in [0.4, 0.5) is 4.39 Å². The van der Waals surface area contributed by atoms with Crippen molar-refractivity contribution in [2.24, 2.45) is 0 Å². The van der Waals surface area contributed by atoms with Crippen molar-refractivity contribution in [3.63, 3.8) is 0 Å². The number of amides is 1. The number of carbonyl (C=O) groups is 1. The van der Waals surface area contributed by atoms with Gasteiger partial charge in [-0.3, -0.25) is 4.79 Å². The van der Waals surface area contributed by atoms with Crippen molar-refractivity contribution in [2.45, 2.75) is 13.3 Å². The van der Waals surface area contributed by atoms with Gasteiger partial charge in [-0.05, 0) is 41.8 Å². The van der Waals surface area contributed by atoms with Crippen molar-refractivity contribution in [1.29, 1.82) is 0 Å². The van der Waals surface area contributed by atoms with Gasteiger partial charge in [0.1, 0.15) is 5.82 Å². The summed E-state index contributed by atoms with van der Waals surface area (Å²) in [6, 6.07) is 4.59. The molecule has 7 heteroatoms. The first-order chi connectivity index (χ1) is 8.66. The summed E-state index contributed by atoms with van der Waals surface area (Å²) in [5, 5.41) is 15.3. The lowest BCUT2D eigenvalue weighted by molar-refractivity contribution is 0.0944. The molecule has 18 heavy (non-hydrogen) atoms. The van der Waals surface area contributed by atoms with Gasteiger partial charge in [-0.1, -0.05) is 6.07 Å². The highest BCUT2D eigenvalue weighted by molar-refractivity contribution is 5.89. The number of tetrazole rings is 1. The molecule has 2 aromatic rings. The van der Waals surface area contributed by atoms with E-state index in [4.69, 9.17) is 0 Å². The van der Waals surface area contributed by atoms with Crippen LogP contribution in [0.5, 0.6) is 0 Å². The standard InChI is InChI=1S/C11H12FN5O/c1-7-6-9(12)3-2-8(7)4-5-13-11(18)10-14-16-17-15-10/h2-3,6H,4-5H2,1H3,(H,13,18)(H,14,15,16,17). The number of carbonyl (C=O) groups excluding carboxylic acids is 1. The molecule has 0 spiro atoms. The van der Waals surface area contributed by atoms with Gasteiger partial charge in [-0.25, -0.2) is 4.39 Å². The van der Waals surface area contributed by atoms with Gasteiger partial charge in [0.05, 0.1) is 0 Å². The van der Waals surface area contributed by atoms with E-state index in [0.29, 0.717) is 13.0 Å². The molecule has 2 N–H and O–H groups in total. The predicted octanol–water partition coefficient (Wildman–Crippen LogP) is 0.620. The second-order valence-corrected chi connectivity index (χ2v) is 3.81. The number of rotatable bonds is 4. The summed E-state index contributed by atoms with van der Waals surface area (Å²) in [5.41, 5.74) is 1.86. The first-order valence-electron chi connectivity index (χ1n) is 5.43. The van der Waals surface area contributed by atoms with Crippen LogP contribution in [0, 0.1) is 12.7 Å². The highest BCUT2D eigenvalue weighted by Gasteiger charge is 2.09. The number of aryl methyl sites for hydroxylation is 1. The van der Waals surface area contributed by atoms with Crippen molar-refractivity contribution in [2.75, 3.05) is 6.54 Å². The molecule has 1 aromatic heterocycles. The number of hydrogen-bond donors (Lipinski definition) is 2. The van der Waals surface area contributed by atoms with Crippen LogP contribution in [0.15, 0.2) is 18.2 Å². The molecule has 94 valence electrons. The number of H-pyrrole nitrogens is 1. The number of aromatic nitrogens is 4. The van der Waals surface area contributed by atoms with Crippen LogP contribution < -0.4 is 5.32 Å². The molecule has 1 heterocycles. The van der Waals surface area contributed by atoms with E-state index in [1.165, 1.54) is 12.1 Å². The number of aromatic amines is 1. The third kappa shape index (κ3) is 2.88. The van der Waals surface area contributed by atoms with E-state index in [-0.39, 0.29) is 17.5 Å². The van der Waals surface area contributed by atoms with E-state index in [1.807, 2.05) is 6.92 Å². The lowest BCUT2D eigenvalue weighted by Gasteiger charge is -2.06. The molecule has 0 saturated carbocycles. The molecular formula is C11H12FN5O. The summed E-state index contributed by atoms with van der Waals surface area (Å²) in [6.07, 6.45) is 0.621. The summed E-state index contributed by atoms with van der Waals surface area (Å²) in [6.45, 7) is 2.26. The molecule has 0 aliphatic carbocycles. The Labute approximate surface area is 103 Å². The monoisotopic (exact) mass is 249 g/mol. The molecule has 0 unspecified atom stereocenters. The summed E-state index contributed by atoms with van der Waals surface area (Å²) >= 11 is 0. The minimum absolute atomic E-state index is 0.00540. The topological polar surface area (TPSA) is 83.6 Å². The average molecular weight is 249 g/mol. The van der Waals surface area contributed by atoms with Crippen molar-refractivity contribution in [3.05, 3.63) is 41.0 Å². The Morgan fingerprint density at radius 3 is 3.00 bits per heavy atom. The fourth-order valence-electron chi connectivity index (χ4n) is 1.59. The smallest absolute Gasteiger partial charge is 0.292 e. The number of halogens is 1. The van der Waals surface area contributed by atoms with E-state index < -0.39 is 0 Å². The molecule has 0 radical (unpaired) electrons. The van der Waals surface area contributed by atoms with E-state index in [0.717, 1.165) is 11.1 Å². The highest BCUT2D eigenvalue weighted by atomic mass is 19.1. The van der Waals surface area contributed by atoms with Crippen molar-refractivity contribution in [3.8, 4) is 0 Å². The van der Waals surface area contributed by atoms with Crippen LogP contribution in [0.1, 0.15) is 21.7 Å². The van der Waals surface area contributed by atoms with Gasteiger partial charge in [0.2, 0.25) is 0 Å². The lowest BCUT2D eigenvalue weighted by Crippen LogP contribution is -2.26. The van der Waals surface area contributed by atoms with Crippen LogP contribution in [0.2, 0.25) is 0 Å². The molecular weight excluding hydrogens is 237 g/mol. The van der Waals surface area contributed by atoms with Gasteiger partial charge in [-0.15, -0.1) is 10.2 Å². The van der Waals surface area contributed by atoms with Gasteiger partial charge in [-0.2, -0.15) is 5.21 Å². The average Bonchev–Trinajstić information content (AvgIpc) is 2.85. The predicted molar refractivity (Wildman–Crippen MR) is 61.4 cm³/mol. The maximum absolute atomic E-state index is 12.9. The van der Waals surface area contributed by atoms with Gasteiger partial charge < -0.3 is 5.32 Å².